The van der Waals surface area contributed by atoms with Gasteiger partial charge >= 0.3 is 5.97 Å². The Morgan fingerprint density at radius 3 is 2.85 bits per heavy atom. The number of esters is 1. The summed E-state index contributed by atoms with van der Waals surface area (Å²) in [7, 11) is 0. The molecule has 7 heteroatoms. The van der Waals surface area contributed by atoms with E-state index in [-0.39, 0.29) is 12.5 Å². The van der Waals surface area contributed by atoms with Crippen molar-refractivity contribution < 1.29 is 14.3 Å². The number of aromatic nitrogens is 3. The fraction of sp³-hybridized carbons (Fsp3) is 0.200. The number of rotatable bonds is 5. The number of carbonyl (C=O) groups excluding carboxylic acids is 2. The zero-order valence-electron chi connectivity index (χ0n) is 15.4. The lowest BCUT2D eigenvalue weighted by Gasteiger charge is -2.09. The number of anilines is 1. The van der Waals surface area contributed by atoms with Crippen LogP contribution in [0.4, 0.5) is 5.69 Å². The van der Waals surface area contributed by atoms with Gasteiger partial charge in [-0.15, -0.1) is 0 Å². The third-order valence-corrected chi connectivity index (χ3v) is 4.15. The number of aromatic amines is 1. The van der Waals surface area contributed by atoms with Gasteiger partial charge in [-0.05, 0) is 32.9 Å². The second kappa shape index (κ2) is 7.82. The van der Waals surface area contributed by atoms with E-state index < -0.39 is 5.97 Å². The Balaban J connectivity index is 2.05. The molecule has 0 fully saturated rings. The highest BCUT2D eigenvalue weighted by atomic mass is 16.5. The minimum Gasteiger partial charge on any atom is -0.462 e. The molecule has 2 aromatic heterocycles. The number of carbonyl (C=O) groups is 2. The van der Waals surface area contributed by atoms with Gasteiger partial charge in [0.1, 0.15) is 12.0 Å². The van der Waals surface area contributed by atoms with Crippen molar-refractivity contribution in [3.05, 3.63) is 54.0 Å². The Kier molecular flexibility index (Phi) is 5.30. The van der Waals surface area contributed by atoms with E-state index in [0.29, 0.717) is 33.6 Å². The molecule has 0 atom stereocenters. The van der Waals surface area contributed by atoms with Gasteiger partial charge < -0.3 is 15.0 Å². The zero-order valence-corrected chi connectivity index (χ0v) is 15.4. The van der Waals surface area contributed by atoms with Crippen LogP contribution in [0.25, 0.3) is 22.3 Å². The van der Waals surface area contributed by atoms with Gasteiger partial charge in [0, 0.05) is 23.0 Å². The van der Waals surface area contributed by atoms with Crippen molar-refractivity contribution in [3.63, 3.8) is 0 Å². The Morgan fingerprint density at radius 2 is 2.11 bits per heavy atom. The third-order valence-electron chi connectivity index (χ3n) is 4.15. The molecule has 1 aromatic carbocycles. The summed E-state index contributed by atoms with van der Waals surface area (Å²) in [5, 5.41) is 3.44. The van der Waals surface area contributed by atoms with Crippen LogP contribution in [0.5, 0.6) is 0 Å². The molecule has 0 radical (unpaired) electrons. The Morgan fingerprint density at radius 1 is 1.30 bits per heavy atom. The molecule has 0 saturated heterocycles. The van der Waals surface area contributed by atoms with E-state index in [4.69, 9.17) is 4.74 Å². The lowest BCUT2D eigenvalue weighted by atomic mass is 10.1. The number of benzene rings is 1. The average molecular weight is 364 g/mol. The van der Waals surface area contributed by atoms with Gasteiger partial charge in [0.05, 0.1) is 23.3 Å². The van der Waals surface area contributed by atoms with Crippen molar-refractivity contribution in [2.24, 2.45) is 0 Å². The fourth-order valence-electron chi connectivity index (χ4n) is 2.66. The second-order valence-corrected chi connectivity index (χ2v) is 5.88. The lowest BCUT2D eigenvalue weighted by molar-refractivity contribution is -0.112. The highest BCUT2D eigenvalue weighted by Crippen LogP contribution is 2.30. The van der Waals surface area contributed by atoms with E-state index in [0.717, 1.165) is 5.56 Å². The smallest absolute Gasteiger partial charge is 0.340 e. The second-order valence-electron chi connectivity index (χ2n) is 5.88. The van der Waals surface area contributed by atoms with Crippen LogP contribution in [0.15, 0.2) is 48.4 Å². The van der Waals surface area contributed by atoms with Crippen molar-refractivity contribution in [2.45, 2.75) is 20.8 Å². The summed E-state index contributed by atoms with van der Waals surface area (Å²) in [6.45, 7) is 5.59. The van der Waals surface area contributed by atoms with Gasteiger partial charge in [-0.25, -0.2) is 14.8 Å². The largest absolute Gasteiger partial charge is 0.462 e. The molecule has 138 valence electrons. The van der Waals surface area contributed by atoms with Crippen LogP contribution in [0.3, 0.4) is 0 Å². The molecule has 0 bridgehead atoms. The fourth-order valence-corrected chi connectivity index (χ4v) is 2.66. The Hall–Kier alpha value is -3.48. The van der Waals surface area contributed by atoms with Crippen LogP contribution >= 0.6 is 0 Å². The SMILES string of the molecule is CC=C(C)C(=O)Nc1cccc(-c2ncnc3[nH]cc(C(=O)OCC)c23)c1. The number of amides is 1. The molecule has 2 heterocycles. The molecule has 2 N–H and O–H groups in total. The molecule has 3 aromatic rings. The highest BCUT2D eigenvalue weighted by molar-refractivity contribution is 6.08. The molecule has 0 aliphatic carbocycles. The minimum absolute atomic E-state index is 0.170. The molecular formula is C20H20N4O3. The van der Waals surface area contributed by atoms with Gasteiger partial charge in [0.15, 0.2) is 0 Å². The van der Waals surface area contributed by atoms with Crippen LogP contribution in [0.1, 0.15) is 31.1 Å². The first-order valence-electron chi connectivity index (χ1n) is 8.59. The maximum Gasteiger partial charge on any atom is 0.340 e. The number of allylic oxidation sites excluding steroid dienone is 1. The molecule has 3 rings (SSSR count). The number of nitrogens with one attached hydrogen (secondary N) is 2. The summed E-state index contributed by atoms with van der Waals surface area (Å²) in [5.74, 6) is -0.607. The van der Waals surface area contributed by atoms with Gasteiger partial charge in [-0.2, -0.15) is 0 Å². The molecular weight excluding hydrogens is 344 g/mol. The first-order valence-corrected chi connectivity index (χ1v) is 8.59. The average Bonchev–Trinajstić information content (AvgIpc) is 3.12. The zero-order chi connectivity index (χ0) is 19.4. The van der Waals surface area contributed by atoms with Crippen molar-refractivity contribution >= 4 is 28.6 Å². The van der Waals surface area contributed by atoms with Crippen LogP contribution in [-0.4, -0.2) is 33.4 Å². The minimum atomic E-state index is -0.437. The predicted octanol–water partition coefficient (Wildman–Crippen LogP) is 3.71. The molecule has 1 amide bonds. The lowest BCUT2D eigenvalue weighted by Crippen LogP contribution is -2.12. The van der Waals surface area contributed by atoms with Crippen LogP contribution in [-0.2, 0) is 9.53 Å². The molecule has 27 heavy (non-hydrogen) atoms. The van der Waals surface area contributed by atoms with E-state index >= 15 is 0 Å². The van der Waals surface area contributed by atoms with Gasteiger partial charge in [0.25, 0.3) is 5.91 Å². The quantitative estimate of drug-likeness (QED) is 0.531. The van der Waals surface area contributed by atoms with E-state index in [1.807, 2.05) is 25.1 Å². The van der Waals surface area contributed by atoms with Crippen molar-refractivity contribution in [1.82, 2.24) is 15.0 Å². The number of ether oxygens (including phenoxy) is 1. The number of hydrogen-bond acceptors (Lipinski definition) is 5. The maximum atomic E-state index is 12.3. The van der Waals surface area contributed by atoms with Crippen molar-refractivity contribution in [1.29, 1.82) is 0 Å². The maximum absolute atomic E-state index is 12.3. The molecule has 0 aliphatic rings. The normalized spacial score (nSPS) is 11.4. The number of nitrogens with zero attached hydrogens (tertiary/aromatic N) is 2. The molecule has 0 saturated carbocycles. The standard InChI is InChI=1S/C20H20N4O3/c1-4-12(3)19(25)24-14-8-6-7-13(9-14)17-16-15(20(26)27-5-2)10-21-18(16)23-11-22-17/h4,6-11H,5H2,1-3H3,(H,24,25)(H,21,22,23). The first kappa shape index (κ1) is 18.3. The summed E-state index contributed by atoms with van der Waals surface area (Å²) in [4.78, 5) is 35.9. The van der Waals surface area contributed by atoms with Crippen LogP contribution in [0, 0.1) is 0 Å². The molecule has 0 spiro atoms. The van der Waals surface area contributed by atoms with Crippen molar-refractivity contribution in [2.75, 3.05) is 11.9 Å². The first-order chi connectivity index (χ1) is 13.0. The number of hydrogen-bond donors (Lipinski definition) is 2. The topological polar surface area (TPSA) is 97.0 Å². The summed E-state index contributed by atoms with van der Waals surface area (Å²) in [5.41, 5.74) is 3.52. The van der Waals surface area contributed by atoms with E-state index in [9.17, 15) is 9.59 Å². The molecule has 0 aliphatic heterocycles. The summed E-state index contributed by atoms with van der Waals surface area (Å²) in [6.07, 6.45) is 4.75. The van der Waals surface area contributed by atoms with Crippen molar-refractivity contribution in [3.8, 4) is 11.3 Å². The monoisotopic (exact) mass is 364 g/mol. The van der Waals surface area contributed by atoms with Gasteiger partial charge in [-0.3, -0.25) is 4.79 Å². The van der Waals surface area contributed by atoms with Gasteiger partial charge in [-0.1, -0.05) is 18.2 Å². The van der Waals surface area contributed by atoms with Crippen LogP contribution < -0.4 is 5.32 Å². The Labute approximate surface area is 156 Å². The van der Waals surface area contributed by atoms with Gasteiger partial charge in [0.2, 0.25) is 0 Å². The molecule has 0 unspecified atom stereocenters. The Bertz CT molecular complexity index is 1040. The number of fused-ring (bicyclic) bond motifs is 1. The third kappa shape index (κ3) is 3.72. The predicted molar refractivity (Wildman–Crippen MR) is 103 cm³/mol. The summed E-state index contributed by atoms with van der Waals surface area (Å²) >= 11 is 0. The van der Waals surface area contributed by atoms with Crippen LogP contribution in [0.2, 0.25) is 0 Å². The number of H-pyrrole nitrogens is 1. The van der Waals surface area contributed by atoms with E-state index in [2.05, 4.69) is 20.3 Å². The summed E-state index contributed by atoms with van der Waals surface area (Å²) < 4.78 is 5.12. The van der Waals surface area contributed by atoms with E-state index in [1.54, 1.807) is 32.2 Å². The van der Waals surface area contributed by atoms with E-state index in [1.165, 1.54) is 6.33 Å². The summed E-state index contributed by atoms with van der Waals surface area (Å²) in [6, 6.07) is 7.29. The highest BCUT2D eigenvalue weighted by Gasteiger charge is 2.19. The molecule has 7 nitrogen and oxygen atoms in total.